The quantitative estimate of drug-likeness (QED) is 0.691. The van der Waals surface area contributed by atoms with Gasteiger partial charge in [-0.2, -0.15) is 0 Å². The molecule has 1 unspecified atom stereocenters. The number of hydrogen-bond acceptors (Lipinski definition) is 4. The maximum atomic E-state index is 11.1. The molecule has 0 radical (unpaired) electrons. The van der Waals surface area contributed by atoms with Crippen molar-refractivity contribution in [1.29, 1.82) is 0 Å². The first-order valence-electron chi connectivity index (χ1n) is 5.43. The molecule has 6 heteroatoms. The minimum atomic E-state index is -0.811. The summed E-state index contributed by atoms with van der Waals surface area (Å²) in [5.74, 6) is -0.0140. The normalized spacial score (nSPS) is 11.6. The lowest BCUT2D eigenvalue weighted by atomic mass is 10.1. The highest BCUT2D eigenvalue weighted by Gasteiger charge is 2.11. The van der Waals surface area contributed by atoms with Gasteiger partial charge < -0.3 is 20.5 Å². The van der Waals surface area contributed by atoms with Crippen molar-refractivity contribution in [3.63, 3.8) is 0 Å². The van der Waals surface area contributed by atoms with E-state index < -0.39 is 12.2 Å². The summed E-state index contributed by atoms with van der Waals surface area (Å²) in [5.41, 5.74) is 4.84. The van der Waals surface area contributed by atoms with E-state index in [1.54, 1.807) is 0 Å². The van der Waals surface area contributed by atoms with Crippen LogP contribution >= 0.6 is 0 Å². The Morgan fingerprint density at radius 1 is 1.25 bits per heavy atom. The molecule has 16 heavy (non-hydrogen) atoms. The third-order valence-electron chi connectivity index (χ3n) is 2.01. The average Bonchev–Trinajstić information content (AvgIpc) is 2.26. The van der Waals surface area contributed by atoms with Gasteiger partial charge in [0.05, 0.1) is 13.2 Å². The van der Waals surface area contributed by atoms with Gasteiger partial charge in [-0.05, 0) is 12.8 Å². The fourth-order valence-electron chi connectivity index (χ4n) is 0.955. The predicted molar refractivity (Wildman–Crippen MR) is 59.0 cm³/mol. The third kappa shape index (κ3) is 7.90. The molecule has 0 spiro atoms. The number of hydrogen-bond donors (Lipinski definition) is 2. The largest absolute Gasteiger partial charge is 0.449 e. The van der Waals surface area contributed by atoms with Crippen LogP contribution in [-0.2, 0) is 9.47 Å². The second kappa shape index (κ2) is 8.82. The summed E-state index contributed by atoms with van der Waals surface area (Å²) >= 11 is 0. The van der Waals surface area contributed by atoms with E-state index in [0.717, 1.165) is 12.8 Å². The molecule has 0 saturated heterocycles. The summed E-state index contributed by atoms with van der Waals surface area (Å²) in [6.45, 7) is 4.86. The first-order valence-corrected chi connectivity index (χ1v) is 5.43. The molecule has 0 aliphatic carbocycles. The van der Waals surface area contributed by atoms with Gasteiger partial charge in [0, 0.05) is 12.5 Å². The van der Waals surface area contributed by atoms with Gasteiger partial charge in [-0.3, -0.25) is 0 Å². The topological polar surface area (TPSA) is 90.7 Å². The summed E-state index contributed by atoms with van der Waals surface area (Å²) in [7, 11) is 0. The molecule has 0 saturated carbocycles. The Morgan fingerprint density at radius 3 is 2.38 bits per heavy atom. The van der Waals surface area contributed by atoms with Gasteiger partial charge in [-0.1, -0.05) is 13.8 Å². The van der Waals surface area contributed by atoms with Gasteiger partial charge >= 0.3 is 12.2 Å². The Labute approximate surface area is 95.5 Å². The lowest BCUT2D eigenvalue weighted by Gasteiger charge is -2.14. The summed E-state index contributed by atoms with van der Waals surface area (Å²) < 4.78 is 9.58. The van der Waals surface area contributed by atoms with E-state index >= 15 is 0 Å². The molecule has 0 aliphatic heterocycles. The van der Waals surface area contributed by atoms with Crippen molar-refractivity contribution in [3.8, 4) is 0 Å². The lowest BCUT2D eigenvalue weighted by molar-refractivity contribution is 0.0882. The van der Waals surface area contributed by atoms with Crippen LogP contribution in [0, 0.1) is 5.92 Å². The van der Waals surface area contributed by atoms with Crippen LogP contribution in [0.5, 0.6) is 0 Å². The molecule has 0 aromatic heterocycles. The number of alkyl carbamates (subject to hydrolysis) is 1. The van der Waals surface area contributed by atoms with Gasteiger partial charge in [0.25, 0.3) is 0 Å². The van der Waals surface area contributed by atoms with Crippen molar-refractivity contribution in [1.82, 2.24) is 5.32 Å². The first-order chi connectivity index (χ1) is 7.60. The fraction of sp³-hybridized carbons (Fsp3) is 0.800. The highest BCUT2D eigenvalue weighted by atomic mass is 16.6. The third-order valence-corrected chi connectivity index (χ3v) is 2.01. The van der Waals surface area contributed by atoms with Crippen LogP contribution in [0.1, 0.15) is 26.7 Å². The van der Waals surface area contributed by atoms with E-state index in [-0.39, 0.29) is 19.1 Å². The van der Waals surface area contributed by atoms with Crippen molar-refractivity contribution in [2.75, 3.05) is 19.8 Å². The van der Waals surface area contributed by atoms with Gasteiger partial charge in [-0.25, -0.2) is 9.59 Å². The summed E-state index contributed by atoms with van der Waals surface area (Å²) in [5, 5.41) is 2.58. The van der Waals surface area contributed by atoms with E-state index in [1.807, 2.05) is 13.8 Å². The summed E-state index contributed by atoms with van der Waals surface area (Å²) in [6.07, 6.45) is 0.346. The molecule has 6 nitrogen and oxygen atoms in total. The zero-order valence-electron chi connectivity index (χ0n) is 9.82. The molecule has 0 heterocycles. The maximum absolute atomic E-state index is 11.1. The monoisotopic (exact) mass is 232 g/mol. The SMILES string of the molecule is CCCNC(=O)OCC(CC)COC(N)=O. The Bertz CT molecular complexity index is 221. The van der Waals surface area contributed by atoms with Crippen molar-refractivity contribution >= 4 is 12.2 Å². The molecule has 0 bridgehead atoms. The van der Waals surface area contributed by atoms with E-state index in [2.05, 4.69) is 10.1 Å². The van der Waals surface area contributed by atoms with Crippen LogP contribution in [0.25, 0.3) is 0 Å². The van der Waals surface area contributed by atoms with Gasteiger partial charge in [-0.15, -0.1) is 0 Å². The van der Waals surface area contributed by atoms with Crippen molar-refractivity contribution in [2.24, 2.45) is 11.7 Å². The van der Waals surface area contributed by atoms with Crippen LogP contribution in [0.3, 0.4) is 0 Å². The summed E-state index contributed by atoms with van der Waals surface area (Å²) in [4.78, 5) is 21.5. The molecule has 94 valence electrons. The Balaban J connectivity index is 3.68. The Morgan fingerprint density at radius 2 is 1.88 bits per heavy atom. The highest BCUT2D eigenvalue weighted by molar-refractivity contribution is 5.67. The molecule has 0 aliphatic rings. The molecule has 3 N–H and O–H groups in total. The fourth-order valence-corrected chi connectivity index (χ4v) is 0.955. The second-order valence-electron chi connectivity index (χ2n) is 3.43. The van der Waals surface area contributed by atoms with Crippen LogP contribution in [0.2, 0.25) is 0 Å². The molecule has 0 aromatic rings. The standard InChI is InChI=1S/C10H20N2O4/c1-3-5-12-10(14)16-7-8(4-2)6-15-9(11)13/h8H,3-7H2,1-2H3,(H2,11,13)(H,12,14). The molecule has 0 aromatic carbocycles. The molecule has 0 rings (SSSR count). The van der Waals surface area contributed by atoms with Crippen LogP contribution in [-0.4, -0.2) is 31.9 Å². The number of nitrogens with two attached hydrogens (primary N) is 1. The number of carbonyl (C=O) groups is 2. The van der Waals surface area contributed by atoms with Crippen molar-refractivity contribution in [3.05, 3.63) is 0 Å². The Kier molecular flexibility index (Phi) is 8.01. The smallest absolute Gasteiger partial charge is 0.407 e. The lowest BCUT2D eigenvalue weighted by Crippen LogP contribution is -2.28. The molecular formula is C10H20N2O4. The first kappa shape index (κ1) is 14.5. The number of amides is 2. The molecular weight excluding hydrogens is 212 g/mol. The number of nitrogens with one attached hydrogen (secondary N) is 1. The maximum Gasteiger partial charge on any atom is 0.407 e. The molecule has 0 fully saturated rings. The number of rotatable bonds is 7. The minimum Gasteiger partial charge on any atom is -0.449 e. The number of carbonyl (C=O) groups excluding carboxylic acids is 2. The van der Waals surface area contributed by atoms with Gasteiger partial charge in [0.2, 0.25) is 0 Å². The minimum absolute atomic E-state index is 0.0140. The van der Waals surface area contributed by atoms with Crippen LogP contribution < -0.4 is 11.1 Å². The predicted octanol–water partition coefficient (Wildman–Crippen LogP) is 1.24. The second-order valence-corrected chi connectivity index (χ2v) is 3.43. The van der Waals surface area contributed by atoms with E-state index in [0.29, 0.717) is 6.54 Å². The van der Waals surface area contributed by atoms with E-state index in [4.69, 9.17) is 10.5 Å². The number of primary amides is 1. The zero-order chi connectivity index (χ0) is 12.4. The van der Waals surface area contributed by atoms with Crippen molar-refractivity contribution < 1.29 is 19.1 Å². The van der Waals surface area contributed by atoms with Crippen LogP contribution in [0.4, 0.5) is 9.59 Å². The average molecular weight is 232 g/mol. The highest BCUT2D eigenvalue weighted by Crippen LogP contribution is 2.04. The van der Waals surface area contributed by atoms with Gasteiger partial charge in [0.1, 0.15) is 0 Å². The Hall–Kier alpha value is -1.46. The van der Waals surface area contributed by atoms with Crippen LogP contribution in [0.15, 0.2) is 0 Å². The van der Waals surface area contributed by atoms with E-state index in [1.165, 1.54) is 0 Å². The van der Waals surface area contributed by atoms with E-state index in [9.17, 15) is 9.59 Å². The molecule has 2 amide bonds. The van der Waals surface area contributed by atoms with Crippen molar-refractivity contribution in [2.45, 2.75) is 26.7 Å². The zero-order valence-corrected chi connectivity index (χ0v) is 9.82. The summed E-state index contributed by atoms with van der Waals surface area (Å²) in [6, 6.07) is 0. The van der Waals surface area contributed by atoms with Gasteiger partial charge in [0.15, 0.2) is 0 Å². The molecule has 1 atom stereocenters. The number of ether oxygens (including phenoxy) is 2.